The molecular weight excluding hydrogens is 337 g/mol. The van der Waals surface area contributed by atoms with Crippen LogP contribution in [0.2, 0.25) is 0 Å². The molecule has 0 bridgehead atoms. The maximum Gasteiger partial charge on any atom is 0.416 e. The second kappa shape index (κ2) is 6.28. The fraction of sp³-hybridized carbons (Fsp3) is 0.333. The Kier molecular flexibility index (Phi) is 4.29. The smallest absolute Gasteiger partial charge is 0.381 e. The van der Waals surface area contributed by atoms with Crippen LogP contribution in [0.4, 0.5) is 13.2 Å². The first-order valence-electron chi connectivity index (χ1n) is 7.39. The molecule has 0 saturated carbocycles. The molecular formula is C15H15F3N6O. The largest absolute Gasteiger partial charge is 0.416 e. The molecule has 0 aliphatic carbocycles. The summed E-state index contributed by atoms with van der Waals surface area (Å²) in [4.78, 5) is 5.12. The average Bonchev–Trinajstić information content (AvgIpc) is 3.27. The molecule has 3 rings (SSSR count). The summed E-state index contributed by atoms with van der Waals surface area (Å²) in [6, 6.07) is 3.71. The van der Waals surface area contributed by atoms with E-state index in [9.17, 15) is 18.3 Å². The number of rotatable bonds is 5. The van der Waals surface area contributed by atoms with Crippen LogP contribution in [0.5, 0.6) is 0 Å². The van der Waals surface area contributed by atoms with Crippen molar-refractivity contribution in [2.45, 2.75) is 31.3 Å². The molecule has 0 unspecified atom stereocenters. The number of hydrogen-bond donors (Lipinski definition) is 1. The molecule has 0 fully saturated rings. The van der Waals surface area contributed by atoms with Crippen LogP contribution < -0.4 is 0 Å². The monoisotopic (exact) mass is 352 g/mol. The molecule has 0 spiro atoms. The molecule has 0 aliphatic rings. The summed E-state index contributed by atoms with van der Waals surface area (Å²) in [5.74, 6) is 0. The third-order valence-corrected chi connectivity index (χ3v) is 4.06. The van der Waals surface area contributed by atoms with Gasteiger partial charge in [-0.15, -0.1) is 0 Å². The van der Waals surface area contributed by atoms with Gasteiger partial charge < -0.3 is 5.11 Å². The van der Waals surface area contributed by atoms with Gasteiger partial charge in [-0.2, -0.15) is 33.3 Å². The van der Waals surface area contributed by atoms with E-state index in [0.29, 0.717) is 5.56 Å². The number of hydrogen-bond acceptors (Lipinski definition) is 5. The maximum absolute atomic E-state index is 12.8. The molecule has 0 aliphatic heterocycles. The molecule has 2 atom stereocenters. The quantitative estimate of drug-likeness (QED) is 0.760. The van der Waals surface area contributed by atoms with E-state index in [-0.39, 0.29) is 6.54 Å². The van der Waals surface area contributed by atoms with Gasteiger partial charge >= 0.3 is 6.18 Å². The highest BCUT2D eigenvalue weighted by Crippen LogP contribution is 2.36. The zero-order chi connectivity index (χ0) is 18.1. The Balaban J connectivity index is 2.01. The van der Waals surface area contributed by atoms with Crippen LogP contribution in [0.1, 0.15) is 24.1 Å². The summed E-state index contributed by atoms with van der Waals surface area (Å²) in [6.07, 6.45) is 1.19. The van der Waals surface area contributed by atoms with E-state index in [1.165, 1.54) is 46.7 Å². The van der Waals surface area contributed by atoms with Crippen LogP contribution in [0, 0.1) is 0 Å². The molecule has 2 aromatic heterocycles. The fourth-order valence-electron chi connectivity index (χ4n) is 2.59. The Hall–Kier alpha value is -2.75. The van der Waals surface area contributed by atoms with Crippen LogP contribution in [-0.2, 0) is 18.3 Å². The Morgan fingerprint density at radius 1 is 1.04 bits per heavy atom. The van der Waals surface area contributed by atoms with Crippen molar-refractivity contribution in [3.05, 3.63) is 60.4 Å². The van der Waals surface area contributed by atoms with Crippen molar-refractivity contribution in [2.75, 3.05) is 0 Å². The normalized spacial score (nSPS) is 15.7. The lowest BCUT2D eigenvalue weighted by molar-refractivity contribution is -0.137. The molecule has 132 valence electrons. The summed E-state index contributed by atoms with van der Waals surface area (Å²) in [5, 5.41) is 23.3. The number of benzene rings is 1. The van der Waals surface area contributed by atoms with Gasteiger partial charge in [-0.25, -0.2) is 9.67 Å². The van der Waals surface area contributed by atoms with Gasteiger partial charge in [0.1, 0.15) is 24.3 Å². The van der Waals surface area contributed by atoms with E-state index < -0.39 is 23.4 Å². The van der Waals surface area contributed by atoms with Crippen molar-refractivity contribution >= 4 is 0 Å². The zero-order valence-corrected chi connectivity index (χ0v) is 13.2. The molecule has 0 amide bonds. The molecule has 7 nitrogen and oxygen atoms in total. The number of halogens is 3. The minimum Gasteiger partial charge on any atom is -0.381 e. The van der Waals surface area contributed by atoms with E-state index >= 15 is 0 Å². The highest BCUT2D eigenvalue weighted by molar-refractivity contribution is 5.29. The Morgan fingerprint density at radius 3 is 2.16 bits per heavy atom. The summed E-state index contributed by atoms with van der Waals surface area (Å²) in [5.41, 5.74) is -2.10. The van der Waals surface area contributed by atoms with Gasteiger partial charge in [0.15, 0.2) is 0 Å². The van der Waals surface area contributed by atoms with Crippen LogP contribution in [0.15, 0.2) is 49.3 Å². The molecule has 0 radical (unpaired) electrons. The number of aliphatic hydroxyl groups is 1. The SMILES string of the molecule is C[C@@H](n1nccn1)[C@](O)(Cn1cncn1)c1ccc(C(F)(F)F)cc1. The predicted molar refractivity (Wildman–Crippen MR) is 80.1 cm³/mol. The van der Waals surface area contributed by atoms with Crippen LogP contribution in [0.25, 0.3) is 0 Å². The zero-order valence-electron chi connectivity index (χ0n) is 13.2. The highest BCUT2D eigenvalue weighted by atomic mass is 19.4. The lowest BCUT2D eigenvalue weighted by Gasteiger charge is -2.34. The van der Waals surface area contributed by atoms with E-state index in [0.717, 1.165) is 12.1 Å². The van der Waals surface area contributed by atoms with Gasteiger partial charge in [0, 0.05) is 0 Å². The highest BCUT2D eigenvalue weighted by Gasteiger charge is 2.40. The van der Waals surface area contributed by atoms with Crippen molar-refractivity contribution in [3.8, 4) is 0 Å². The molecule has 25 heavy (non-hydrogen) atoms. The third-order valence-electron chi connectivity index (χ3n) is 4.06. The lowest BCUT2D eigenvalue weighted by Crippen LogP contribution is -2.40. The van der Waals surface area contributed by atoms with Crippen LogP contribution in [-0.4, -0.2) is 34.9 Å². The van der Waals surface area contributed by atoms with E-state index in [1.54, 1.807) is 6.92 Å². The second-order valence-corrected chi connectivity index (χ2v) is 5.62. The predicted octanol–water partition coefficient (Wildman–Crippen LogP) is 2.04. The van der Waals surface area contributed by atoms with Crippen molar-refractivity contribution in [1.29, 1.82) is 0 Å². The number of alkyl halides is 3. The van der Waals surface area contributed by atoms with Gasteiger partial charge in [0.05, 0.1) is 24.5 Å². The van der Waals surface area contributed by atoms with Crippen molar-refractivity contribution in [2.24, 2.45) is 0 Å². The van der Waals surface area contributed by atoms with Crippen molar-refractivity contribution < 1.29 is 18.3 Å². The van der Waals surface area contributed by atoms with E-state index in [4.69, 9.17) is 0 Å². The fourth-order valence-corrected chi connectivity index (χ4v) is 2.59. The van der Waals surface area contributed by atoms with E-state index in [2.05, 4.69) is 20.3 Å². The van der Waals surface area contributed by atoms with Gasteiger partial charge in [-0.1, -0.05) is 12.1 Å². The Labute approximate surface area is 140 Å². The molecule has 1 aromatic carbocycles. The van der Waals surface area contributed by atoms with Gasteiger partial charge in [-0.05, 0) is 24.6 Å². The third kappa shape index (κ3) is 3.38. The lowest BCUT2D eigenvalue weighted by atomic mass is 9.86. The van der Waals surface area contributed by atoms with Gasteiger partial charge in [0.25, 0.3) is 0 Å². The molecule has 1 N–H and O–H groups in total. The van der Waals surface area contributed by atoms with Crippen molar-refractivity contribution in [1.82, 2.24) is 29.8 Å². The van der Waals surface area contributed by atoms with Gasteiger partial charge in [0.2, 0.25) is 0 Å². The standard InChI is InChI=1S/C15H15F3N6O/c1-11(24-20-6-7-21-24)14(25,8-23-10-19-9-22-23)12-2-4-13(5-3-12)15(16,17)18/h2-7,9-11,25H,8H2,1H3/t11-,14-/m1/s1. The minimum absolute atomic E-state index is 0.0267. The molecule has 2 heterocycles. The first kappa shape index (κ1) is 17.1. The molecule has 10 heteroatoms. The van der Waals surface area contributed by atoms with Gasteiger partial charge in [-0.3, -0.25) is 0 Å². The summed E-state index contributed by atoms with van der Waals surface area (Å²) < 4.78 is 39.8. The summed E-state index contributed by atoms with van der Waals surface area (Å²) in [6.45, 7) is 1.65. The van der Waals surface area contributed by atoms with Crippen molar-refractivity contribution in [3.63, 3.8) is 0 Å². The van der Waals surface area contributed by atoms with E-state index in [1.807, 2.05) is 0 Å². The summed E-state index contributed by atoms with van der Waals surface area (Å²) >= 11 is 0. The molecule has 3 aromatic rings. The number of nitrogens with zero attached hydrogens (tertiary/aromatic N) is 6. The first-order chi connectivity index (χ1) is 11.8. The minimum atomic E-state index is -4.45. The Bertz CT molecular complexity index is 801. The molecule has 0 saturated heterocycles. The number of aromatic nitrogens is 6. The first-order valence-corrected chi connectivity index (χ1v) is 7.39. The average molecular weight is 352 g/mol. The topological polar surface area (TPSA) is 81.6 Å². The summed E-state index contributed by atoms with van der Waals surface area (Å²) in [7, 11) is 0. The Morgan fingerprint density at radius 2 is 1.64 bits per heavy atom. The van der Waals surface area contributed by atoms with Crippen LogP contribution >= 0.6 is 0 Å². The maximum atomic E-state index is 12.8. The van der Waals surface area contributed by atoms with Crippen LogP contribution in [0.3, 0.4) is 0 Å². The second-order valence-electron chi connectivity index (χ2n) is 5.62.